The Hall–Kier alpha value is -3.24. The number of anilines is 4. The van der Waals surface area contributed by atoms with Gasteiger partial charge in [-0.3, -0.25) is 4.79 Å². The first-order chi connectivity index (χ1) is 14.9. The average molecular weight is 525 g/mol. The molecule has 0 unspecified atom stereocenters. The van der Waals surface area contributed by atoms with Gasteiger partial charge in [-0.05, 0) is 33.6 Å². The van der Waals surface area contributed by atoms with E-state index in [2.05, 4.69) is 36.5 Å². The predicted molar refractivity (Wildman–Crippen MR) is 129 cm³/mol. The minimum absolute atomic E-state index is 0. The summed E-state index contributed by atoms with van der Waals surface area (Å²) in [6, 6.07) is 10.9. The number of halogens is 2. The molecule has 0 aliphatic heterocycles. The molecule has 0 saturated carbocycles. The molecule has 3 rings (SSSR count). The van der Waals surface area contributed by atoms with Crippen molar-refractivity contribution < 1.29 is 19.0 Å². The third-order valence-electron chi connectivity index (χ3n) is 4.26. The maximum atomic E-state index is 11.0. The molecule has 170 valence electrons. The number of rotatable bonds is 9. The number of primary amides is 1. The van der Waals surface area contributed by atoms with E-state index in [4.69, 9.17) is 19.9 Å². The van der Waals surface area contributed by atoms with Crippen molar-refractivity contribution in [3.8, 4) is 17.2 Å². The predicted octanol–water partition coefficient (Wildman–Crippen LogP) is 4.20. The molecule has 32 heavy (non-hydrogen) atoms. The van der Waals surface area contributed by atoms with E-state index in [9.17, 15) is 4.79 Å². The van der Waals surface area contributed by atoms with Crippen molar-refractivity contribution in [1.29, 1.82) is 0 Å². The van der Waals surface area contributed by atoms with Gasteiger partial charge in [0, 0.05) is 29.7 Å². The molecule has 1 aromatic heterocycles. The summed E-state index contributed by atoms with van der Waals surface area (Å²) < 4.78 is 16.8. The highest BCUT2D eigenvalue weighted by atomic mass is 79.9. The van der Waals surface area contributed by atoms with Crippen LogP contribution in [0.3, 0.4) is 0 Å². The Labute approximate surface area is 200 Å². The normalized spacial score (nSPS) is 10.0. The Balaban J connectivity index is 0.00000363. The Kier molecular flexibility index (Phi) is 8.91. The van der Waals surface area contributed by atoms with E-state index in [0.717, 1.165) is 11.3 Å². The van der Waals surface area contributed by atoms with Crippen LogP contribution in [-0.2, 0) is 11.2 Å². The lowest BCUT2D eigenvalue weighted by Gasteiger charge is -2.15. The average Bonchev–Trinajstić information content (AvgIpc) is 2.76. The molecule has 0 atom stereocenters. The quantitative estimate of drug-likeness (QED) is 0.381. The molecule has 11 heteroatoms. The Morgan fingerprint density at radius 2 is 1.62 bits per heavy atom. The van der Waals surface area contributed by atoms with Crippen LogP contribution in [-0.4, -0.2) is 37.2 Å². The zero-order chi connectivity index (χ0) is 22.4. The lowest BCUT2D eigenvalue weighted by molar-refractivity contribution is -0.117. The van der Waals surface area contributed by atoms with Gasteiger partial charge in [0.2, 0.25) is 17.6 Å². The molecule has 2 aromatic carbocycles. The second kappa shape index (κ2) is 11.4. The van der Waals surface area contributed by atoms with E-state index in [0.29, 0.717) is 39.2 Å². The third-order valence-corrected chi connectivity index (χ3v) is 4.84. The second-order valence-electron chi connectivity index (χ2n) is 6.39. The summed E-state index contributed by atoms with van der Waals surface area (Å²) in [6.07, 6.45) is 1.83. The van der Waals surface area contributed by atoms with Crippen LogP contribution in [0.2, 0.25) is 0 Å². The zero-order valence-corrected chi connectivity index (χ0v) is 20.0. The number of benzene rings is 2. The monoisotopic (exact) mass is 523 g/mol. The van der Waals surface area contributed by atoms with Crippen LogP contribution < -0.4 is 30.6 Å². The fraction of sp³-hybridized carbons (Fsp3) is 0.190. The van der Waals surface area contributed by atoms with Gasteiger partial charge >= 0.3 is 0 Å². The number of ether oxygens (including phenoxy) is 3. The van der Waals surface area contributed by atoms with Gasteiger partial charge in [0.15, 0.2) is 11.5 Å². The number of methoxy groups -OCH3 is 3. The first kappa shape index (κ1) is 25.0. The number of carbonyl (C=O) groups is 1. The standard InChI is InChI=1S/C21H22BrN5O4.ClH/c1-29-16-9-14(10-17(30-2)19(16)31-3)25-20-15(22)11-24-21(27-20)26-13-6-4-12(5-7-13)8-18(23)28;/h4-7,9-11H,8H2,1-3H3,(H2,23,28)(H2,24,25,26,27);1H. The lowest BCUT2D eigenvalue weighted by atomic mass is 10.1. The molecule has 0 radical (unpaired) electrons. The molecule has 9 nitrogen and oxygen atoms in total. The van der Waals surface area contributed by atoms with Crippen LogP contribution in [0.5, 0.6) is 17.2 Å². The number of amides is 1. The molecule has 0 saturated heterocycles. The van der Waals surface area contributed by atoms with Crippen molar-refractivity contribution >= 4 is 57.4 Å². The minimum atomic E-state index is -0.375. The molecule has 0 spiro atoms. The number of hydrogen-bond acceptors (Lipinski definition) is 8. The largest absolute Gasteiger partial charge is 0.493 e. The lowest BCUT2D eigenvalue weighted by Crippen LogP contribution is -2.13. The molecule has 0 bridgehead atoms. The summed E-state index contributed by atoms with van der Waals surface area (Å²) in [4.78, 5) is 19.8. The van der Waals surface area contributed by atoms with E-state index < -0.39 is 0 Å². The number of carbonyl (C=O) groups excluding carboxylic acids is 1. The molecular formula is C21H23BrClN5O4. The van der Waals surface area contributed by atoms with Gasteiger partial charge in [0.05, 0.1) is 32.2 Å². The van der Waals surface area contributed by atoms with Gasteiger partial charge in [-0.25, -0.2) is 4.98 Å². The number of nitrogens with two attached hydrogens (primary N) is 1. The van der Waals surface area contributed by atoms with Crippen molar-refractivity contribution in [1.82, 2.24) is 9.97 Å². The highest BCUT2D eigenvalue weighted by molar-refractivity contribution is 9.10. The van der Waals surface area contributed by atoms with E-state index in [-0.39, 0.29) is 24.7 Å². The van der Waals surface area contributed by atoms with E-state index in [1.807, 2.05) is 24.3 Å². The van der Waals surface area contributed by atoms with Gasteiger partial charge in [0.1, 0.15) is 5.82 Å². The summed E-state index contributed by atoms with van der Waals surface area (Å²) in [5.74, 6) is 2.09. The molecule has 1 amide bonds. The van der Waals surface area contributed by atoms with Crippen LogP contribution in [0.4, 0.5) is 23.1 Å². The Morgan fingerprint density at radius 3 is 2.16 bits per heavy atom. The maximum absolute atomic E-state index is 11.0. The minimum Gasteiger partial charge on any atom is -0.493 e. The van der Waals surface area contributed by atoms with Gasteiger partial charge in [-0.15, -0.1) is 12.4 Å². The van der Waals surface area contributed by atoms with E-state index in [1.54, 1.807) is 39.7 Å². The number of nitrogens with one attached hydrogen (secondary N) is 2. The molecule has 1 heterocycles. The first-order valence-corrected chi connectivity index (χ1v) is 9.96. The summed E-state index contributed by atoms with van der Waals surface area (Å²) in [6.45, 7) is 0. The van der Waals surface area contributed by atoms with Crippen molar-refractivity contribution in [2.45, 2.75) is 6.42 Å². The van der Waals surface area contributed by atoms with E-state index >= 15 is 0 Å². The van der Waals surface area contributed by atoms with Crippen LogP contribution in [0.15, 0.2) is 47.1 Å². The summed E-state index contributed by atoms with van der Waals surface area (Å²) in [7, 11) is 4.66. The van der Waals surface area contributed by atoms with Crippen molar-refractivity contribution in [2.24, 2.45) is 5.73 Å². The fourth-order valence-electron chi connectivity index (χ4n) is 2.84. The van der Waals surface area contributed by atoms with Gasteiger partial charge in [-0.1, -0.05) is 12.1 Å². The number of hydrogen-bond donors (Lipinski definition) is 3. The number of nitrogens with zero attached hydrogens (tertiary/aromatic N) is 2. The van der Waals surface area contributed by atoms with Gasteiger partial charge in [-0.2, -0.15) is 4.98 Å². The number of aromatic nitrogens is 2. The first-order valence-electron chi connectivity index (χ1n) is 9.17. The molecule has 3 aromatic rings. The summed E-state index contributed by atoms with van der Waals surface area (Å²) >= 11 is 3.46. The second-order valence-corrected chi connectivity index (χ2v) is 7.25. The molecule has 0 aliphatic carbocycles. The van der Waals surface area contributed by atoms with Crippen molar-refractivity contribution in [3.63, 3.8) is 0 Å². The van der Waals surface area contributed by atoms with Crippen LogP contribution in [0.25, 0.3) is 0 Å². The van der Waals surface area contributed by atoms with Crippen molar-refractivity contribution in [3.05, 3.63) is 52.6 Å². The Morgan fingerprint density at radius 1 is 1.00 bits per heavy atom. The Bertz CT molecular complexity index is 1060. The van der Waals surface area contributed by atoms with E-state index in [1.165, 1.54) is 0 Å². The zero-order valence-electron chi connectivity index (χ0n) is 17.6. The maximum Gasteiger partial charge on any atom is 0.229 e. The third kappa shape index (κ3) is 6.14. The fourth-order valence-corrected chi connectivity index (χ4v) is 3.13. The van der Waals surface area contributed by atoms with Crippen LogP contribution in [0.1, 0.15) is 5.56 Å². The van der Waals surface area contributed by atoms with Crippen LogP contribution >= 0.6 is 28.3 Å². The van der Waals surface area contributed by atoms with Gasteiger partial charge in [0.25, 0.3) is 0 Å². The van der Waals surface area contributed by atoms with Crippen LogP contribution in [0, 0.1) is 0 Å². The molecule has 4 N–H and O–H groups in total. The molecular weight excluding hydrogens is 502 g/mol. The molecule has 0 aliphatic rings. The molecule has 0 fully saturated rings. The van der Waals surface area contributed by atoms with Crippen molar-refractivity contribution in [2.75, 3.05) is 32.0 Å². The summed E-state index contributed by atoms with van der Waals surface area (Å²) in [5, 5.41) is 6.36. The smallest absolute Gasteiger partial charge is 0.229 e. The SMILES string of the molecule is COc1cc(Nc2nc(Nc3ccc(CC(N)=O)cc3)ncc2Br)cc(OC)c1OC.Cl. The topological polar surface area (TPSA) is 121 Å². The highest BCUT2D eigenvalue weighted by Gasteiger charge is 2.15. The highest BCUT2D eigenvalue weighted by Crippen LogP contribution is 2.41. The summed E-state index contributed by atoms with van der Waals surface area (Å²) in [5.41, 5.74) is 7.52. The van der Waals surface area contributed by atoms with Gasteiger partial charge < -0.3 is 30.6 Å².